The molecule has 3 atom stereocenters. The van der Waals surface area contributed by atoms with E-state index in [0.29, 0.717) is 18.0 Å². The molecule has 1 aliphatic rings. The number of aromatic nitrogens is 1. The Balaban J connectivity index is 1.53. The van der Waals surface area contributed by atoms with Gasteiger partial charge in [0, 0.05) is 53.9 Å². The minimum atomic E-state index is -1.40. The third-order valence-electron chi connectivity index (χ3n) is 9.53. The van der Waals surface area contributed by atoms with Crippen molar-refractivity contribution in [3.8, 4) is 16.9 Å². The molecule has 1 aliphatic carbocycles. The zero-order chi connectivity index (χ0) is 49.0. The summed E-state index contributed by atoms with van der Waals surface area (Å²) in [5.74, 6) is -4.34. The number of anilines is 1. The Kier molecular flexibility index (Phi) is 17.5. The molecule has 66 heavy (non-hydrogen) atoms. The van der Waals surface area contributed by atoms with Crippen molar-refractivity contribution in [1.82, 2.24) is 20.9 Å². The van der Waals surface area contributed by atoms with Crippen LogP contribution in [0.5, 0.6) is 5.75 Å². The molecule has 2 aromatic carbocycles. The highest BCUT2D eigenvalue weighted by atomic mass is 16.7. The van der Waals surface area contributed by atoms with Gasteiger partial charge in [-0.3, -0.25) is 25.1 Å². The molecule has 5 N–H and O–H groups in total. The van der Waals surface area contributed by atoms with Gasteiger partial charge in [0.1, 0.15) is 28.9 Å². The Labute approximate surface area is 383 Å². The Morgan fingerprint density at radius 3 is 2.03 bits per heavy atom. The molecule has 1 aromatic heterocycles. The molecule has 0 bridgehead atoms. The number of pyridine rings is 1. The molecule has 0 spiro atoms. The van der Waals surface area contributed by atoms with Crippen molar-refractivity contribution in [2.75, 3.05) is 19.0 Å². The highest BCUT2D eigenvalue weighted by Crippen LogP contribution is 2.35. The van der Waals surface area contributed by atoms with Gasteiger partial charge < -0.3 is 44.4 Å². The number of rotatable bonds is 18. The molecule has 1 heterocycles. The van der Waals surface area contributed by atoms with E-state index < -0.39 is 78.0 Å². The molecule has 4 rings (SSSR count). The molecule has 1 saturated carbocycles. The monoisotopic (exact) mass is 914 g/mol. The van der Waals surface area contributed by atoms with Crippen LogP contribution in [-0.2, 0) is 33.3 Å². The number of amidine groups is 1. The quantitative estimate of drug-likeness (QED) is 0.0284. The first-order valence-corrected chi connectivity index (χ1v) is 21.2. The second-order valence-electron chi connectivity index (χ2n) is 17.0. The summed E-state index contributed by atoms with van der Waals surface area (Å²) in [6.07, 6.45) is -1.21. The van der Waals surface area contributed by atoms with Crippen LogP contribution in [0.4, 0.5) is 15.3 Å². The average Bonchev–Trinajstić information content (AvgIpc) is 4.08. The van der Waals surface area contributed by atoms with Crippen molar-refractivity contribution in [2.24, 2.45) is 17.8 Å². The number of nitrogens with one attached hydrogen (secondary N) is 5. The topological polar surface area (TPSA) is 260 Å². The number of alkyl carbamates (subject to hydrolysis) is 2. The molecule has 0 saturated heterocycles. The largest absolute Gasteiger partial charge is 0.496 e. The number of ether oxygens (including phenoxy) is 6. The van der Waals surface area contributed by atoms with Gasteiger partial charge in [-0.15, -0.1) is 0 Å². The SMILES string of the molecule is C=Cc1cc(C(=O)Nc2ccc(C(=N)NC(=O)OC(C)OC(=O)C(NC(=O)OC(C)(C)C)C(C)C)cc2)c(-c2ccc(C(=O)NCC3CC3)nc2C(=O)OC(C)OC(=O)C(C)C)cc1OC. The molecule has 0 radical (unpaired) electrons. The number of benzene rings is 2. The summed E-state index contributed by atoms with van der Waals surface area (Å²) >= 11 is 0. The summed E-state index contributed by atoms with van der Waals surface area (Å²) in [6, 6.07) is 10.6. The molecule has 19 nitrogen and oxygen atoms in total. The van der Waals surface area contributed by atoms with Gasteiger partial charge in [-0.05, 0) is 94.0 Å². The van der Waals surface area contributed by atoms with Gasteiger partial charge in [0.2, 0.25) is 12.6 Å². The molecule has 4 amide bonds. The summed E-state index contributed by atoms with van der Waals surface area (Å²) in [7, 11) is 1.41. The molecular formula is C47H58N6O13. The lowest BCUT2D eigenvalue weighted by atomic mass is 9.94. The molecular weight excluding hydrogens is 857 g/mol. The maximum absolute atomic E-state index is 14.2. The van der Waals surface area contributed by atoms with E-state index in [1.165, 1.54) is 75.6 Å². The zero-order valence-corrected chi connectivity index (χ0v) is 38.7. The Morgan fingerprint density at radius 1 is 0.818 bits per heavy atom. The summed E-state index contributed by atoms with van der Waals surface area (Å²) in [4.78, 5) is 95.5. The van der Waals surface area contributed by atoms with Crippen LogP contribution >= 0.6 is 0 Å². The number of carbonyl (C=O) groups is 7. The van der Waals surface area contributed by atoms with Gasteiger partial charge in [-0.25, -0.2) is 24.2 Å². The first kappa shape index (κ1) is 51.3. The number of carbonyl (C=O) groups excluding carboxylic acids is 7. The first-order valence-electron chi connectivity index (χ1n) is 21.2. The lowest BCUT2D eigenvalue weighted by molar-refractivity contribution is -0.170. The lowest BCUT2D eigenvalue weighted by Gasteiger charge is -2.25. The number of amides is 4. The number of hydrogen-bond donors (Lipinski definition) is 5. The first-order chi connectivity index (χ1) is 31.0. The molecule has 0 aliphatic heterocycles. The van der Waals surface area contributed by atoms with Gasteiger partial charge in [-0.2, -0.15) is 0 Å². The van der Waals surface area contributed by atoms with E-state index in [1.807, 2.05) is 0 Å². The second-order valence-corrected chi connectivity index (χ2v) is 17.0. The van der Waals surface area contributed by atoms with Gasteiger partial charge in [0.05, 0.1) is 13.0 Å². The lowest BCUT2D eigenvalue weighted by Crippen LogP contribution is -2.48. The third kappa shape index (κ3) is 14.9. The minimum absolute atomic E-state index is 0.0307. The predicted molar refractivity (Wildman–Crippen MR) is 242 cm³/mol. The van der Waals surface area contributed by atoms with E-state index >= 15 is 0 Å². The second kappa shape index (κ2) is 22.5. The van der Waals surface area contributed by atoms with Crippen molar-refractivity contribution < 1.29 is 62.0 Å². The smallest absolute Gasteiger partial charge is 0.415 e. The molecule has 19 heteroatoms. The van der Waals surface area contributed by atoms with E-state index in [2.05, 4.69) is 32.8 Å². The Hall–Kier alpha value is -7.31. The summed E-state index contributed by atoms with van der Waals surface area (Å²) in [6.45, 7) is 18.5. The van der Waals surface area contributed by atoms with Gasteiger partial charge in [0.15, 0.2) is 5.69 Å². The molecule has 354 valence electrons. The van der Waals surface area contributed by atoms with Crippen molar-refractivity contribution in [3.63, 3.8) is 0 Å². The summed E-state index contributed by atoms with van der Waals surface area (Å²) < 4.78 is 31.9. The minimum Gasteiger partial charge on any atom is -0.496 e. The van der Waals surface area contributed by atoms with Crippen LogP contribution in [-0.4, -0.2) is 90.6 Å². The molecule has 3 unspecified atom stereocenters. The number of nitrogens with zero attached hydrogens (tertiary/aromatic N) is 1. The van der Waals surface area contributed by atoms with Gasteiger partial charge in [0.25, 0.3) is 11.8 Å². The zero-order valence-electron chi connectivity index (χ0n) is 38.7. The summed E-state index contributed by atoms with van der Waals surface area (Å²) in [5, 5.41) is 18.7. The fraction of sp³-hybridized carbons (Fsp3) is 0.426. The number of methoxy groups -OCH3 is 1. The normalized spacial score (nSPS) is 13.5. The Bertz CT molecular complexity index is 2330. The highest BCUT2D eigenvalue weighted by Gasteiger charge is 2.31. The predicted octanol–water partition coefficient (Wildman–Crippen LogP) is 6.98. The highest BCUT2D eigenvalue weighted by molar-refractivity contribution is 6.11. The van der Waals surface area contributed by atoms with E-state index in [4.69, 9.17) is 33.8 Å². The van der Waals surface area contributed by atoms with E-state index in [-0.39, 0.29) is 50.9 Å². The maximum atomic E-state index is 14.2. The van der Waals surface area contributed by atoms with Crippen LogP contribution in [0.3, 0.4) is 0 Å². The molecule has 3 aromatic rings. The van der Waals surface area contributed by atoms with E-state index in [1.54, 1.807) is 48.5 Å². The van der Waals surface area contributed by atoms with Crippen molar-refractivity contribution in [3.05, 3.63) is 83.2 Å². The maximum Gasteiger partial charge on any atom is 0.415 e. The van der Waals surface area contributed by atoms with Crippen LogP contribution in [0.2, 0.25) is 0 Å². The van der Waals surface area contributed by atoms with Crippen LogP contribution in [0, 0.1) is 23.2 Å². The van der Waals surface area contributed by atoms with E-state index in [9.17, 15) is 33.6 Å². The van der Waals surface area contributed by atoms with E-state index in [0.717, 1.165) is 12.8 Å². The fourth-order valence-electron chi connectivity index (χ4n) is 5.95. The van der Waals surface area contributed by atoms with Crippen molar-refractivity contribution in [1.29, 1.82) is 5.41 Å². The third-order valence-corrected chi connectivity index (χ3v) is 9.53. The molecule has 1 fully saturated rings. The number of esters is 3. The van der Waals surface area contributed by atoms with Crippen LogP contribution in [0.1, 0.15) is 118 Å². The standard InChI is InChI=1S/C47H58N6O13/c1-12-29-21-34(33(22-36(29)61-11)32-19-20-35(41(55)49-23-28-13-14-28)51-38(32)44(58)63-26(6)62-42(56)25(4)5)40(54)50-31-17-15-30(16-18-31)39(48)53-45(59)65-27(7)64-43(57)37(24(2)3)52-46(60)66-47(8,9)10/h12,15-22,24-28,37H,1,13-14,23H2,2-11H3,(H,49,55)(H,50,54)(H,52,60)(H2,48,53,59). The van der Waals surface area contributed by atoms with Crippen LogP contribution in [0.25, 0.3) is 17.2 Å². The van der Waals surface area contributed by atoms with Crippen molar-refractivity contribution in [2.45, 2.75) is 99.4 Å². The van der Waals surface area contributed by atoms with Crippen LogP contribution < -0.4 is 26.0 Å². The fourth-order valence-corrected chi connectivity index (χ4v) is 5.95. The van der Waals surface area contributed by atoms with Gasteiger partial charge in [-0.1, -0.05) is 40.3 Å². The Morgan fingerprint density at radius 2 is 1.45 bits per heavy atom. The average molecular weight is 915 g/mol. The van der Waals surface area contributed by atoms with Gasteiger partial charge >= 0.3 is 30.1 Å². The van der Waals surface area contributed by atoms with Crippen molar-refractivity contribution >= 4 is 59.5 Å². The number of hydrogen-bond acceptors (Lipinski definition) is 15. The van der Waals surface area contributed by atoms with Crippen LogP contribution in [0.15, 0.2) is 55.1 Å². The summed E-state index contributed by atoms with van der Waals surface area (Å²) in [5.41, 5.74) is -0.0616.